The van der Waals surface area contributed by atoms with Crippen molar-refractivity contribution >= 4 is 23.7 Å². The second-order valence-electron chi connectivity index (χ2n) is 6.03. The zero-order valence-corrected chi connectivity index (χ0v) is 15.8. The fourth-order valence-corrected chi connectivity index (χ4v) is 3.16. The number of hydrogen-bond acceptors (Lipinski definition) is 2. The first-order valence-corrected chi connectivity index (χ1v) is 8.82. The van der Waals surface area contributed by atoms with Crippen LogP contribution in [-0.4, -0.2) is 21.3 Å². The zero-order valence-electron chi connectivity index (χ0n) is 15.0. The second-order valence-corrected chi connectivity index (χ2v) is 6.44. The number of hydrazone groups is 1. The van der Waals surface area contributed by atoms with E-state index in [0.29, 0.717) is 10.6 Å². The molecule has 0 bridgehead atoms. The molecule has 0 aliphatic heterocycles. The first-order chi connectivity index (χ1) is 12.5. The van der Waals surface area contributed by atoms with Gasteiger partial charge < -0.3 is 9.13 Å². The van der Waals surface area contributed by atoms with E-state index in [4.69, 9.17) is 11.6 Å². The van der Waals surface area contributed by atoms with Crippen LogP contribution in [0.3, 0.4) is 0 Å². The van der Waals surface area contributed by atoms with Crippen molar-refractivity contribution in [2.24, 2.45) is 5.10 Å². The highest BCUT2D eigenvalue weighted by Gasteiger charge is 2.13. The summed E-state index contributed by atoms with van der Waals surface area (Å²) >= 11 is 6.23. The summed E-state index contributed by atoms with van der Waals surface area (Å²) in [7, 11) is 0. The Bertz CT molecular complexity index is 949. The summed E-state index contributed by atoms with van der Waals surface area (Å²) in [5, 5.41) is 4.45. The van der Waals surface area contributed by atoms with Gasteiger partial charge in [0.2, 0.25) is 0 Å². The predicted molar refractivity (Wildman–Crippen MR) is 105 cm³/mol. The Balaban J connectivity index is 1.82. The minimum Gasteiger partial charge on any atom is -0.347 e. The van der Waals surface area contributed by atoms with Gasteiger partial charge in [-0.05, 0) is 63.2 Å². The van der Waals surface area contributed by atoms with Gasteiger partial charge in [-0.3, -0.25) is 4.79 Å². The molecule has 0 saturated heterocycles. The average Bonchev–Trinajstić information content (AvgIpc) is 3.21. The molecular weight excluding hydrogens is 348 g/mol. The molecule has 1 amide bonds. The van der Waals surface area contributed by atoms with Crippen LogP contribution < -0.4 is 5.43 Å². The number of amides is 1. The lowest BCUT2D eigenvalue weighted by Gasteiger charge is -2.12. The minimum atomic E-state index is -0.342. The quantitative estimate of drug-likeness (QED) is 0.528. The lowest BCUT2D eigenvalue weighted by atomic mass is 10.2. The third-order valence-electron chi connectivity index (χ3n) is 4.29. The average molecular weight is 369 g/mol. The summed E-state index contributed by atoms with van der Waals surface area (Å²) in [6.07, 6.45) is 3.59. The van der Waals surface area contributed by atoms with Gasteiger partial charge in [0.15, 0.2) is 0 Å². The molecule has 1 aromatic carbocycles. The fourth-order valence-electron chi connectivity index (χ4n) is 2.95. The van der Waals surface area contributed by atoms with Crippen LogP contribution in [0.2, 0.25) is 5.02 Å². The number of aromatic nitrogens is 2. The van der Waals surface area contributed by atoms with Crippen molar-refractivity contribution in [3.05, 3.63) is 76.3 Å². The van der Waals surface area contributed by atoms with Crippen molar-refractivity contribution in [3.63, 3.8) is 0 Å². The maximum atomic E-state index is 12.5. The summed E-state index contributed by atoms with van der Waals surface area (Å²) < 4.78 is 4.10. The zero-order chi connectivity index (χ0) is 18.7. The molecule has 0 fully saturated rings. The first-order valence-electron chi connectivity index (χ1n) is 8.44. The van der Waals surface area contributed by atoms with Gasteiger partial charge >= 0.3 is 0 Å². The third-order valence-corrected chi connectivity index (χ3v) is 4.62. The molecule has 134 valence electrons. The highest BCUT2D eigenvalue weighted by molar-refractivity contribution is 6.33. The van der Waals surface area contributed by atoms with Gasteiger partial charge in [-0.1, -0.05) is 11.6 Å². The number of carbonyl (C=O) groups excluding carboxylic acids is 1. The van der Waals surface area contributed by atoms with E-state index in [-0.39, 0.29) is 5.91 Å². The van der Waals surface area contributed by atoms with E-state index in [0.717, 1.165) is 29.3 Å². The highest BCUT2D eigenvalue weighted by atomic mass is 35.5. The van der Waals surface area contributed by atoms with Crippen LogP contribution in [0.15, 0.2) is 53.8 Å². The Morgan fingerprint density at radius 3 is 2.62 bits per heavy atom. The molecule has 0 aliphatic carbocycles. The number of halogens is 1. The van der Waals surface area contributed by atoms with Crippen molar-refractivity contribution in [3.8, 4) is 5.69 Å². The molecule has 0 atom stereocenters. The smallest absolute Gasteiger partial charge is 0.272 e. The maximum absolute atomic E-state index is 12.5. The monoisotopic (exact) mass is 368 g/mol. The Morgan fingerprint density at radius 1 is 1.19 bits per heavy atom. The number of carbonyl (C=O) groups is 1. The van der Waals surface area contributed by atoms with E-state index in [1.54, 1.807) is 18.3 Å². The van der Waals surface area contributed by atoms with Gasteiger partial charge in [0.25, 0.3) is 5.91 Å². The van der Waals surface area contributed by atoms with Gasteiger partial charge in [-0.25, -0.2) is 5.43 Å². The Hall–Kier alpha value is -2.79. The standard InChI is InChI=1S/C20H21ClN4O/c1-4-24-11-5-6-17(24)13-22-23-20(26)18-12-16(9-10-19(18)21)25-14(2)7-8-15(25)3/h5-13H,4H2,1-3H3,(H,23,26). The molecule has 2 heterocycles. The summed E-state index contributed by atoms with van der Waals surface area (Å²) in [5.41, 5.74) is 6.94. The van der Waals surface area contributed by atoms with E-state index in [1.165, 1.54) is 0 Å². The molecule has 26 heavy (non-hydrogen) atoms. The summed E-state index contributed by atoms with van der Waals surface area (Å²) in [4.78, 5) is 12.5. The van der Waals surface area contributed by atoms with Crippen LogP contribution in [0.5, 0.6) is 0 Å². The molecule has 2 aromatic heterocycles. The molecule has 0 saturated carbocycles. The molecule has 0 radical (unpaired) electrons. The molecule has 6 heteroatoms. The van der Waals surface area contributed by atoms with Gasteiger partial charge in [0.1, 0.15) is 0 Å². The lowest BCUT2D eigenvalue weighted by Crippen LogP contribution is -2.19. The normalized spacial score (nSPS) is 11.2. The molecule has 0 spiro atoms. The van der Waals surface area contributed by atoms with Crippen LogP contribution in [0, 0.1) is 13.8 Å². The van der Waals surface area contributed by atoms with Crippen LogP contribution >= 0.6 is 11.6 Å². The van der Waals surface area contributed by atoms with Crippen molar-refractivity contribution < 1.29 is 4.79 Å². The molecular formula is C20H21ClN4O. The third kappa shape index (κ3) is 3.58. The van der Waals surface area contributed by atoms with Crippen LogP contribution in [0.25, 0.3) is 5.69 Å². The number of hydrogen-bond donors (Lipinski definition) is 1. The molecule has 3 aromatic rings. The number of rotatable bonds is 5. The Morgan fingerprint density at radius 2 is 1.92 bits per heavy atom. The van der Waals surface area contributed by atoms with E-state index in [9.17, 15) is 4.79 Å². The van der Waals surface area contributed by atoms with Gasteiger partial charge in [0, 0.05) is 29.8 Å². The minimum absolute atomic E-state index is 0.342. The van der Waals surface area contributed by atoms with Crippen LogP contribution in [-0.2, 0) is 6.54 Å². The largest absolute Gasteiger partial charge is 0.347 e. The second kappa shape index (κ2) is 7.62. The van der Waals surface area contributed by atoms with E-state index < -0.39 is 0 Å². The summed E-state index contributed by atoms with van der Waals surface area (Å²) in [6, 6.07) is 13.4. The molecule has 1 N–H and O–H groups in total. The van der Waals surface area contributed by atoms with Gasteiger partial charge in [0.05, 0.1) is 22.5 Å². The lowest BCUT2D eigenvalue weighted by molar-refractivity contribution is 0.0955. The van der Waals surface area contributed by atoms with Crippen LogP contribution in [0.1, 0.15) is 34.4 Å². The maximum Gasteiger partial charge on any atom is 0.272 e. The molecule has 0 aliphatic rings. The SMILES string of the molecule is CCn1cccc1C=NNC(=O)c1cc(-n2c(C)ccc2C)ccc1Cl. The Kier molecular flexibility index (Phi) is 5.28. The van der Waals surface area contributed by atoms with Crippen molar-refractivity contribution in [1.82, 2.24) is 14.6 Å². The van der Waals surface area contributed by atoms with Gasteiger partial charge in [-0.15, -0.1) is 0 Å². The predicted octanol–water partition coefficient (Wildman–Crippen LogP) is 4.33. The number of nitrogens with zero attached hydrogens (tertiary/aromatic N) is 3. The fraction of sp³-hybridized carbons (Fsp3) is 0.200. The number of benzene rings is 1. The first kappa shape index (κ1) is 18.0. The van der Waals surface area contributed by atoms with Crippen LogP contribution in [0.4, 0.5) is 0 Å². The van der Waals surface area contributed by atoms with E-state index in [2.05, 4.69) is 15.1 Å². The van der Waals surface area contributed by atoms with E-state index in [1.807, 2.05) is 61.9 Å². The van der Waals surface area contributed by atoms with E-state index >= 15 is 0 Å². The highest BCUT2D eigenvalue weighted by Crippen LogP contribution is 2.23. The molecule has 3 rings (SSSR count). The Labute approximate surface area is 157 Å². The topological polar surface area (TPSA) is 51.3 Å². The summed E-state index contributed by atoms with van der Waals surface area (Å²) in [5.74, 6) is -0.342. The van der Waals surface area contributed by atoms with Crippen molar-refractivity contribution in [1.29, 1.82) is 0 Å². The molecule has 5 nitrogen and oxygen atoms in total. The van der Waals surface area contributed by atoms with Gasteiger partial charge in [-0.2, -0.15) is 5.10 Å². The summed E-state index contributed by atoms with van der Waals surface area (Å²) in [6.45, 7) is 6.93. The number of aryl methyl sites for hydroxylation is 3. The van der Waals surface area contributed by atoms with Crippen molar-refractivity contribution in [2.45, 2.75) is 27.3 Å². The molecule has 0 unspecified atom stereocenters. The number of nitrogens with one attached hydrogen (secondary N) is 1. The van der Waals surface area contributed by atoms with Crippen molar-refractivity contribution in [2.75, 3.05) is 0 Å².